The van der Waals surface area contributed by atoms with Crippen molar-refractivity contribution in [3.05, 3.63) is 30.0 Å². The Labute approximate surface area is 111 Å². The molecule has 0 spiro atoms. The van der Waals surface area contributed by atoms with Crippen molar-refractivity contribution in [1.82, 2.24) is 10.3 Å². The molecule has 2 heterocycles. The van der Waals surface area contributed by atoms with Gasteiger partial charge in [0.2, 0.25) is 0 Å². The lowest BCUT2D eigenvalue weighted by Gasteiger charge is -2.09. The Balaban J connectivity index is 1.72. The van der Waals surface area contributed by atoms with Crippen molar-refractivity contribution in [2.24, 2.45) is 0 Å². The van der Waals surface area contributed by atoms with Gasteiger partial charge in [0.15, 0.2) is 0 Å². The molecule has 1 aliphatic heterocycles. The smallest absolute Gasteiger partial charge is 0.267 e. The van der Waals surface area contributed by atoms with Crippen LogP contribution in [0.5, 0.6) is 0 Å². The van der Waals surface area contributed by atoms with Gasteiger partial charge in [0.1, 0.15) is 5.69 Å². The predicted molar refractivity (Wildman–Crippen MR) is 74.0 cm³/mol. The van der Waals surface area contributed by atoms with Crippen LogP contribution in [0.4, 0.5) is 5.69 Å². The minimum absolute atomic E-state index is 0.119. The summed E-state index contributed by atoms with van der Waals surface area (Å²) in [5, 5.41) is 3.83. The van der Waals surface area contributed by atoms with Gasteiger partial charge in [0.25, 0.3) is 5.91 Å². The van der Waals surface area contributed by atoms with Crippen LogP contribution in [0, 0.1) is 0 Å². The van der Waals surface area contributed by atoms with Crippen LogP contribution >= 0.6 is 0 Å². The zero-order valence-corrected chi connectivity index (χ0v) is 10.6. The third kappa shape index (κ3) is 2.42. The van der Waals surface area contributed by atoms with E-state index < -0.39 is 0 Å². The number of para-hydroxylation sites is 1. The second-order valence-electron chi connectivity index (χ2n) is 4.84. The lowest BCUT2D eigenvalue weighted by atomic mass is 10.2. The maximum Gasteiger partial charge on any atom is 0.267 e. The summed E-state index contributed by atoms with van der Waals surface area (Å²) in [5.41, 5.74) is 7.85. The number of fused-ring (bicyclic) bond motifs is 1. The molecule has 1 unspecified atom stereocenters. The Kier molecular flexibility index (Phi) is 3.13. The number of rotatable bonds is 3. The molecule has 1 saturated heterocycles. The summed E-state index contributed by atoms with van der Waals surface area (Å²) in [7, 11) is 0. The first-order valence-electron chi connectivity index (χ1n) is 6.51. The Morgan fingerprint density at radius 1 is 1.53 bits per heavy atom. The van der Waals surface area contributed by atoms with Crippen LogP contribution in [0.1, 0.15) is 23.3 Å². The number of aromatic nitrogens is 1. The maximum atomic E-state index is 12.0. The number of amides is 1. The molecule has 0 bridgehead atoms. The lowest BCUT2D eigenvalue weighted by molar-refractivity contribution is 0.0854. The number of hydrogen-bond acceptors (Lipinski definition) is 3. The van der Waals surface area contributed by atoms with Gasteiger partial charge in [-0.3, -0.25) is 4.79 Å². The highest BCUT2D eigenvalue weighted by Gasteiger charge is 2.17. The fourth-order valence-corrected chi connectivity index (χ4v) is 2.41. The van der Waals surface area contributed by atoms with Crippen molar-refractivity contribution < 1.29 is 9.53 Å². The minimum atomic E-state index is -0.119. The molecular formula is C14H17N3O2. The standard InChI is InChI=1S/C14H17N3O2/c15-11-5-1-3-9-7-12(17-13(9)11)14(18)16-8-10-4-2-6-19-10/h1,3,5,7,10,17H,2,4,6,8,15H2,(H,16,18). The van der Waals surface area contributed by atoms with Crippen molar-refractivity contribution in [3.8, 4) is 0 Å². The molecular weight excluding hydrogens is 242 g/mol. The lowest BCUT2D eigenvalue weighted by Crippen LogP contribution is -2.31. The molecule has 4 N–H and O–H groups in total. The number of nitrogens with two attached hydrogens (primary N) is 1. The zero-order chi connectivity index (χ0) is 13.2. The van der Waals surface area contributed by atoms with Gasteiger partial charge in [0, 0.05) is 18.5 Å². The number of nitrogens with one attached hydrogen (secondary N) is 2. The van der Waals surface area contributed by atoms with E-state index in [1.165, 1.54) is 0 Å². The van der Waals surface area contributed by atoms with Crippen LogP contribution in [0.15, 0.2) is 24.3 Å². The second kappa shape index (κ2) is 4.93. The molecule has 1 amide bonds. The summed E-state index contributed by atoms with van der Waals surface area (Å²) >= 11 is 0. The van der Waals surface area contributed by atoms with Gasteiger partial charge in [-0.2, -0.15) is 0 Å². The molecule has 100 valence electrons. The zero-order valence-electron chi connectivity index (χ0n) is 10.6. The van der Waals surface area contributed by atoms with Gasteiger partial charge < -0.3 is 20.8 Å². The van der Waals surface area contributed by atoms with Gasteiger partial charge in [-0.15, -0.1) is 0 Å². The fourth-order valence-electron chi connectivity index (χ4n) is 2.41. The Morgan fingerprint density at radius 2 is 2.42 bits per heavy atom. The Bertz CT molecular complexity index is 600. The quantitative estimate of drug-likeness (QED) is 0.733. The van der Waals surface area contributed by atoms with Crippen molar-refractivity contribution in [2.75, 3.05) is 18.9 Å². The first-order chi connectivity index (χ1) is 9.24. The van der Waals surface area contributed by atoms with E-state index in [-0.39, 0.29) is 12.0 Å². The van der Waals surface area contributed by atoms with E-state index in [0.29, 0.717) is 17.9 Å². The highest BCUT2D eigenvalue weighted by Crippen LogP contribution is 2.21. The van der Waals surface area contributed by atoms with E-state index >= 15 is 0 Å². The first-order valence-corrected chi connectivity index (χ1v) is 6.51. The first kappa shape index (κ1) is 12.0. The van der Waals surface area contributed by atoms with Gasteiger partial charge in [-0.05, 0) is 25.0 Å². The number of anilines is 1. The number of carbonyl (C=O) groups excluding carboxylic acids is 1. The number of nitrogen functional groups attached to an aromatic ring is 1. The summed E-state index contributed by atoms with van der Waals surface area (Å²) in [4.78, 5) is 15.1. The van der Waals surface area contributed by atoms with Gasteiger partial charge in [-0.25, -0.2) is 0 Å². The molecule has 2 aromatic rings. The van der Waals surface area contributed by atoms with E-state index in [1.54, 1.807) is 0 Å². The Morgan fingerprint density at radius 3 is 3.16 bits per heavy atom. The van der Waals surface area contributed by atoms with E-state index in [4.69, 9.17) is 10.5 Å². The fraction of sp³-hybridized carbons (Fsp3) is 0.357. The number of carbonyl (C=O) groups is 1. The van der Waals surface area contributed by atoms with E-state index in [0.717, 1.165) is 30.4 Å². The molecule has 5 heteroatoms. The highest BCUT2D eigenvalue weighted by atomic mass is 16.5. The predicted octanol–water partition coefficient (Wildman–Crippen LogP) is 1.66. The molecule has 0 saturated carbocycles. The molecule has 1 atom stereocenters. The number of hydrogen-bond donors (Lipinski definition) is 3. The third-order valence-corrected chi connectivity index (χ3v) is 3.45. The third-order valence-electron chi connectivity index (χ3n) is 3.45. The topological polar surface area (TPSA) is 80.1 Å². The second-order valence-corrected chi connectivity index (χ2v) is 4.84. The summed E-state index contributed by atoms with van der Waals surface area (Å²) in [6.45, 7) is 1.35. The molecule has 1 aliphatic rings. The van der Waals surface area contributed by atoms with E-state index in [1.807, 2.05) is 24.3 Å². The summed E-state index contributed by atoms with van der Waals surface area (Å²) in [6, 6.07) is 7.43. The summed E-state index contributed by atoms with van der Waals surface area (Å²) in [5.74, 6) is -0.119. The number of ether oxygens (including phenoxy) is 1. The van der Waals surface area contributed by atoms with Crippen LogP contribution in [0.2, 0.25) is 0 Å². The molecule has 5 nitrogen and oxygen atoms in total. The van der Waals surface area contributed by atoms with Crippen LogP contribution < -0.4 is 11.1 Å². The SMILES string of the molecule is Nc1cccc2cc(C(=O)NCC3CCCO3)[nH]c12. The molecule has 1 aromatic carbocycles. The van der Waals surface area contributed by atoms with Crippen molar-refractivity contribution >= 4 is 22.5 Å². The molecule has 0 aliphatic carbocycles. The van der Waals surface area contributed by atoms with Crippen LogP contribution in [-0.4, -0.2) is 30.1 Å². The van der Waals surface area contributed by atoms with Crippen molar-refractivity contribution in [2.45, 2.75) is 18.9 Å². The van der Waals surface area contributed by atoms with E-state index in [9.17, 15) is 4.79 Å². The van der Waals surface area contributed by atoms with Crippen LogP contribution in [-0.2, 0) is 4.74 Å². The largest absolute Gasteiger partial charge is 0.397 e. The molecule has 3 rings (SSSR count). The van der Waals surface area contributed by atoms with Crippen molar-refractivity contribution in [1.29, 1.82) is 0 Å². The van der Waals surface area contributed by atoms with Crippen molar-refractivity contribution in [3.63, 3.8) is 0 Å². The number of benzene rings is 1. The molecule has 1 aromatic heterocycles. The highest BCUT2D eigenvalue weighted by molar-refractivity contribution is 6.00. The number of H-pyrrole nitrogens is 1. The van der Waals surface area contributed by atoms with Crippen LogP contribution in [0.25, 0.3) is 10.9 Å². The Hall–Kier alpha value is -2.01. The molecule has 19 heavy (non-hydrogen) atoms. The summed E-state index contributed by atoms with van der Waals surface area (Å²) in [6.07, 6.45) is 2.24. The maximum absolute atomic E-state index is 12.0. The normalized spacial score (nSPS) is 18.8. The monoisotopic (exact) mass is 259 g/mol. The van der Waals surface area contributed by atoms with Gasteiger partial charge >= 0.3 is 0 Å². The summed E-state index contributed by atoms with van der Waals surface area (Å²) < 4.78 is 5.47. The van der Waals surface area contributed by atoms with E-state index in [2.05, 4.69) is 10.3 Å². The molecule has 1 fully saturated rings. The molecule has 0 radical (unpaired) electrons. The van der Waals surface area contributed by atoms with Crippen LogP contribution in [0.3, 0.4) is 0 Å². The average Bonchev–Trinajstić information content (AvgIpc) is 3.05. The average molecular weight is 259 g/mol. The van der Waals surface area contributed by atoms with Gasteiger partial charge in [0.05, 0.1) is 17.3 Å². The number of aromatic amines is 1. The van der Waals surface area contributed by atoms with Gasteiger partial charge in [-0.1, -0.05) is 12.1 Å². The minimum Gasteiger partial charge on any atom is -0.397 e.